The standard InChI is InChI=1S/C38H60O13/c1-10-23-13-26-11-12-35(3,4)38(44)34(47-9)24(16-32(41)46-8)15-27(51-38)19-30(22(2)39)49-33(42)18-25(40)17-28-20-31(45-7)36(5,6)37(43,50-28)21-29(14-23)48-26/h10-12,16,22,25-31,34,39-40,43-44H,13-15,17-21H2,1-9H3/b12-11+,23-10+,24-16+. The zero-order valence-electron chi connectivity index (χ0n) is 31.6. The fourth-order valence-electron chi connectivity index (χ4n) is 7.98. The molecule has 4 N–H and O–H groups in total. The van der Waals surface area contributed by atoms with Crippen molar-refractivity contribution in [1.82, 2.24) is 0 Å². The quantitative estimate of drug-likeness (QED) is 0.189. The van der Waals surface area contributed by atoms with Crippen LogP contribution in [0.2, 0.25) is 0 Å². The van der Waals surface area contributed by atoms with Crippen LogP contribution < -0.4 is 0 Å². The van der Waals surface area contributed by atoms with Gasteiger partial charge in [-0.1, -0.05) is 51.5 Å². The van der Waals surface area contributed by atoms with E-state index in [0.29, 0.717) is 24.8 Å². The summed E-state index contributed by atoms with van der Waals surface area (Å²) in [6, 6.07) is 0. The summed E-state index contributed by atoms with van der Waals surface area (Å²) in [6.45, 7) is 10.7. The average Bonchev–Trinajstić information content (AvgIpc) is 3.04. The number of cyclic esters (lactones) is 1. The van der Waals surface area contributed by atoms with Crippen LogP contribution in [0.15, 0.2) is 35.5 Å². The van der Waals surface area contributed by atoms with Crippen molar-refractivity contribution in [1.29, 1.82) is 0 Å². The maximum absolute atomic E-state index is 13.2. The molecule has 0 spiro atoms. The summed E-state index contributed by atoms with van der Waals surface area (Å²) < 4.78 is 41.7. The van der Waals surface area contributed by atoms with E-state index in [-0.39, 0.29) is 25.7 Å². The number of aliphatic hydroxyl groups is 4. The zero-order chi connectivity index (χ0) is 37.9. The topological polar surface area (TPSA) is 180 Å². The molecular formula is C38H60O13. The van der Waals surface area contributed by atoms with Gasteiger partial charge in [0.15, 0.2) is 5.79 Å². The number of methoxy groups -OCH3 is 3. The molecule has 6 bridgehead atoms. The largest absolute Gasteiger partial charge is 0.466 e. The lowest BCUT2D eigenvalue weighted by molar-refractivity contribution is -0.350. The normalized spacial score (nSPS) is 42.0. The molecule has 4 heterocycles. The number of fused-ring (bicyclic) bond motifs is 6. The van der Waals surface area contributed by atoms with Crippen molar-refractivity contribution in [2.45, 2.75) is 159 Å². The molecule has 3 fully saturated rings. The van der Waals surface area contributed by atoms with E-state index < -0.39 is 95.7 Å². The van der Waals surface area contributed by atoms with Crippen LogP contribution in [0.4, 0.5) is 0 Å². The van der Waals surface area contributed by atoms with E-state index in [2.05, 4.69) is 0 Å². The summed E-state index contributed by atoms with van der Waals surface area (Å²) >= 11 is 0. The first-order valence-electron chi connectivity index (χ1n) is 18.0. The van der Waals surface area contributed by atoms with Gasteiger partial charge in [0.05, 0.1) is 56.3 Å². The van der Waals surface area contributed by atoms with Gasteiger partial charge in [-0.3, -0.25) is 4.79 Å². The Morgan fingerprint density at radius 3 is 2.27 bits per heavy atom. The lowest BCUT2D eigenvalue weighted by atomic mass is 9.70. The number of carbonyl (C=O) groups is 2. The molecule has 290 valence electrons. The van der Waals surface area contributed by atoms with Gasteiger partial charge in [-0.25, -0.2) is 4.79 Å². The van der Waals surface area contributed by atoms with Crippen LogP contribution in [0.5, 0.6) is 0 Å². The second-order valence-electron chi connectivity index (χ2n) is 15.7. The maximum Gasteiger partial charge on any atom is 0.330 e. The highest BCUT2D eigenvalue weighted by Gasteiger charge is 2.58. The van der Waals surface area contributed by atoms with Crippen LogP contribution >= 0.6 is 0 Å². The minimum atomic E-state index is -2.05. The Bertz CT molecular complexity index is 1320. The van der Waals surface area contributed by atoms with Gasteiger partial charge in [-0.2, -0.15) is 0 Å². The van der Waals surface area contributed by atoms with Crippen molar-refractivity contribution in [3.8, 4) is 0 Å². The highest BCUT2D eigenvalue weighted by Crippen LogP contribution is 2.50. The summed E-state index contributed by atoms with van der Waals surface area (Å²) in [4.78, 5) is 25.7. The summed E-state index contributed by atoms with van der Waals surface area (Å²) in [6.07, 6.45) is 1.02. The first-order valence-corrected chi connectivity index (χ1v) is 18.0. The highest BCUT2D eigenvalue weighted by atomic mass is 16.7. The molecule has 0 amide bonds. The number of aliphatic hydroxyl groups excluding tert-OH is 2. The lowest BCUT2D eigenvalue weighted by Gasteiger charge is -2.54. The van der Waals surface area contributed by atoms with Crippen molar-refractivity contribution >= 4 is 11.9 Å². The Hall–Kier alpha value is -2.20. The number of hydrogen-bond donors (Lipinski definition) is 4. The van der Waals surface area contributed by atoms with Gasteiger partial charge in [0.2, 0.25) is 5.79 Å². The van der Waals surface area contributed by atoms with E-state index >= 15 is 0 Å². The van der Waals surface area contributed by atoms with E-state index in [1.165, 1.54) is 27.2 Å². The SMILES string of the molecule is C/C=C1\CC2/C=C/C(C)(C)C3(O)OC(C/C(=C\C(=O)OC)C3OC)CC(C(C)O)OC(=O)CC(O)CC3CC(OC)C(C)(C)C(O)(CC(C1)O2)O3. The number of carbonyl (C=O) groups excluding carboxylic acids is 2. The van der Waals surface area contributed by atoms with Crippen molar-refractivity contribution in [2.24, 2.45) is 10.8 Å². The van der Waals surface area contributed by atoms with Gasteiger partial charge in [-0.05, 0) is 38.7 Å². The Balaban J connectivity index is 1.80. The van der Waals surface area contributed by atoms with E-state index in [1.54, 1.807) is 27.0 Å². The smallest absolute Gasteiger partial charge is 0.330 e. The summed E-state index contributed by atoms with van der Waals surface area (Å²) in [7, 11) is 4.24. The molecule has 4 aliphatic heterocycles. The Morgan fingerprint density at radius 1 is 0.961 bits per heavy atom. The molecule has 13 heteroatoms. The molecule has 4 aliphatic rings. The predicted molar refractivity (Wildman–Crippen MR) is 185 cm³/mol. The van der Waals surface area contributed by atoms with Gasteiger partial charge < -0.3 is 53.6 Å². The van der Waals surface area contributed by atoms with Crippen LogP contribution in [0.3, 0.4) is 0 Å². The van der Waals surface area contributed by atoms with Crippen LogP contribution in [-0.2, 0) is 42.7 Å². The predicted octanol–water partition coefficient (Wildman–Crippen LogP) is 3.40. The maximum atomic E-state index is 13.2. The first kappa shape index (κ1) is 41.6. The van der Waals surface area contributed by atoms with E-state index in [9.17, 15) is 30.0 Å². The van der Waals surface area contributed by atoms with Crippen LogP contribution in [0.25, 0.3) is 0 Å². The van der Waals surface area contributed by atoms with Crippen molar-refractivity contribution in [2.75, 3.05) is 21.3 Å². The lowest BCUT2D eigenvalue weighted by Crippen LogP contribution is -2.62. The minimum Gasteiger partial charge on any atom is -0.466 e. The van der Waals surface area contributed by atoms with Crippen molar-refractivity contribution in [3.63, 3.8) is 0 Å². The summed E-state index contributed by atoms with van der Waals surface area (Å²) in [5.74, 6) is -5.17. The fraction of sp³-hybridized carbons (Fsp3) is 0.789. The number of ether oxygens (including phenoxy) is 7. The van der Waals surface area contributed by atoms with Crippen molar-refractivity contribution < 1.29 is 63.2 Å². The molecule has 51 heavy (non-hydrogen) atoms. The average molecular weight is 725 g/mol. The monoisotopic (exact) mass is 724 g/mol. The summed E-state index contributed by atoms with van der Waals surface area (Å²) in [5, 5.41) is 46.5. The second-order valence-corrected chi connectivity index (χ2v) is 15.7. The zero-order valence-corrected chi connectivity index (χ0v) is 31.6. The van der Waals surface area contributed by atoms with Gasteiger partial charge >= 0.3 is 11.9 Å². The number of hydrogen-bond acceptors (Lipinski definition) is 13. The van der Waals surface area contributed by atoms with Gasteiger partial charge in [0.25, 0.3) is 0 Å². The van der Waals surface area contributed by atoms with E-state index in [0.717, 1.165) is 5.57 Å². The second kappa shape index (κ2) is 16.4. The Kier molecular flexibility index (Phi) is 13.4. The van der Waals surface area contributed by atoms with Gasteiger partial charge in [0.1, 0.15) is 12.2 Å². The molecular weight excluding hydrogens is 664 g/mol. The molecule has 0 radical (unpaired) electrons. The molecule has 0 aliphatic carbocycles. The first-order chi connectivity index (χ1) is 23.8. The molecule has 0 aromatic heterocycles. The van der Waals surface area contributed by atoms with Gasteiger partial charge in [-0.15, -0.1) is 0 Å². The molecule has 0 aromatic carbocycles. The minimum absolute atomic E-state index is 0.0254. The molecule has 4 rings (SSSR count). The molecule has 11 atom stereocenters. The third-order valence-electron chi connectivity index (χ3n) is 11.3. The third-order valence-corrected chi connectivity index (χ3v) is 11.3. The Morgan fingerprint density at radius 2 is 1.67 bits per heavy atom. The molecule has 3 saturated heterocycles. The number of rotatable bonds is 4. The molecule has 11 unspecified atom stereocenters. The Labute approximate surface area is 301 Å². The van der Waals surface area contributed by atoms with Gasteiger partial charge in [0, 0.05) is 56.8 Å². The number of esters is 2. The molecule has 0 saturated carbocycles. The fourth-order valence-corrected chi connectivity index (χ4v) is 7.98. The van der Waals surface area contributed by atoms with E-state index in [1.807, 2.05) is 32.9 Å². The number of allylic oxidation sites excluding steroid dienone is 1. The van der Waals surface area contributed by atoms with Crippen LogP contribution in [-0.4, -0.2) is 120 Å². The highest BCUT2D eigenvalue weighted by molar-refractivity contribution is 5.83. The summed E-state index contributed by atoms with van der Waals surface area (Å²) in [5.41, 5.74) is -0.501. The van der Waals surface area contributed by atoms with E-state index in [4.69, 9.17) is 33.2 Å². The molecule has 0 aromatic rings. The van der Waals surface area contributed by atoms with Crippen LogP contribution in [0, 0.1) is 10.8 Å². The molecule has 13 nitrogen and oxygen atoms in total. The van der Waals surface area contributed by atoms with Crippen LogP contribution in [0.1, 0.15) is 92.9 Å². The van der Waals surface area contributed by atoms with Crippen molar-refractivity contribution in [3.05, 3.63) is 35.5 Å². The third kappa shape index (κ3) is 9.13.